The summed E-state index contributed by atoms with van der Waals surface area (Å²) in [5.74, 6) is 3.36. The van der Waals surface area contributed by atoms with Crippen LogP contribution in [-0.2, 0) is 12.8 Å². The number of rotatable bonds is 11. The van der Waals surface area contributed by atoms with Gasteiger partial charge in [-0.15, -0.1) is 0 Å². The van der Waals surface area contributed by atoms with Gasteiger partial charge in [0.15, 0.2) is 0 Å². The molecule has 0 N–H and O–H groups in total. The minimum atomic E-state index is 0.811. The van der Waals surface area contributed by atoms with Gasteiger partial charge < -0.3 is 0 Å². The highest BCUT2D eigenvalue weighted by Gasteiger charge is 2.09. The Balaban J connectivity index is 3.42. The van der Waals surface area contributed by atoms with E-state index in [4.69, 9.17) is 0 Å². The predicted molar refractivity (Wildman–Crippen MR) is 129 cm³/mol. The molecule has 0 radical (unpaired) electrons. The van der Waals surface area contributed by atoms with Gasteiger partial charge in [-0.25, -0.2) is 0 Å². The summed E-state index contributed by atoms with van der Waals surface area (Å²) in [7, 11) is 0. The van der Waals surface area contributed by atoms with E-state index in [2.05, 4.69) is 94.4 Å². The molecule has 0 saturated carbocycles. The summed E-state index contributed by atoms with van der Waals surface area (Å²) in [6, 6.07) is 6.75. The molecular weight excluding hydrogens is 380 g/mol. The average molecular weight is 411 g/mol. The molecule has 0 fully saturated rings. The van der Waals surface area contributed by atoms with E-state index in [1.54, 1.807) is 0 Å². The van der Waals surface area contributed by atoms with Gasteiger partial charge in [-0.3, -0.25) is 0 Å². The third kappa shape index (κ3) is 8.38. The van der Waals surface area contributed by atoms with Gasteiger partial charge in [0.1, 0.15) is 0 Å². The molecule has 0 aliphatic rings. The monoisotopic (exact) mass is 410 g/mol. The van der Waals surface area contributed by atoms with Crippen molar-refractivity contribution in [2.75, 3.05) is 23.0 Å². The van der Waals surface area contributed by atoms with Crippen LogP contribution in [0.1, 0.15) is 36.5 Å². The molecule has 0 amide bonds. The second-order valence-corrected chi connectivity index (χ2v) is 7.92. The van der Waals surface area contributed by atoms with Crippen LogP contribution < -0.4 is 0 Å². The first-order chi connectivity index (χ1) is 12.0. The molecule has 0 spiro atoms. The Bertz CT molecular complexity index is 614. The van der Waals surface area contributed by atoms with Crippen molar-refractivity contribution < 1.29 is 0 Å². The van der Waals surface area contributed by atoms with Gasteiger partial charge in [-0.2, -0.15) is 50.5 Å². The Labute approximate surface area is 175 Å². The van der Waals surface area contributed by atoms with E-state index in [0.717, 1.165) is 54.3 Å². The Morgan fingerprint density at radius 1 is 0.920 bits per heavy atom. The van der Waals surface area contributed by atoms with E-state index in [-0.39, 0.29) is 0 Å². The molecule has 1 rings (SSSR count). The minimum absolute atomic E-state index is 0.811. The van der Waals surface area contributed by atoms with Crippen molar-refractivity contribution in [2.24, 2.45) is 0 Å². The van der Waals surface area contributed by atoms with Crippen molar-refractivity contribution in [1.82, 2.24) is 0 Å². The van der Waals surface area contributed by atoms with Crippen molar-refractivity contribution in [1.29, 1.82) is 0 Å². The zero-order valence-electron chi connectivity index (χ0n) is 15.0. The number of aryl methyl sites for hydroxylation is 2. The van der Waals surface area contributed by atoms with Crippen molar-refractivity contribution >= 4 is 56.1 Å². The normalized spacial score (nSPS) is 12.5. The standard InChI is InChI=1S/C21H30S4/c1-16(5-9-22)13-20(14-17(2)6-10-23)21-15-18(7-11-24)3-4-19(21)8-12-25/h3-4,13-15,22-25H,1,5-12H2,2H3/b17-14+,20-13+. The van der Waals surface area contributed by atoms with Crippen LogP contribution in [0.3, 0.4) is 0 Å². The summed E-state index contributed by atoms with van der Waals surface area (Å²) in [6.45, 7) is 6.37. The van der Waals surface area contributed by atoms with Crippen molar-refractivity contribution in [3.63, 3.8) is 0 Å². The third-order valence-electron chi connectivity index (χ3n) is 3.97. The second kappa shape index (κ2) is 13.1. The van der Waals surface area contributed by atoms with Crippen molar-refractivity contribution in [2.45, 2.75) is 32.6 Å². The van der Waals surface area contributed by atoms with Crippen LogP contribution in [0.4, 0.5) is 0 Å². The molecular formula is C21H30S4. The van der Waals surface area contributed by atoms with Crippen LogP contribution in [0.5, 0.6) is 0 Å². The van der Waals surface area contributed by atoms with Crippen molar-refractivity contribution in [3.05, 3.63) is 64.8 Å². The predicted octanol–water partition coefficient (Wildman–Crippen LogP) is 6.16. The lowest BCUT2D eigenvalue weighted by atomic mass is 9.92. The summed E-state index contributed by atoms with van der Waals surface area (Å²) in [5, 5.41) is 0. The molecule has 0 saturated heterocycles. The van der Waals surface area contributed by atoms with Crippen molar-refractivity contribution in [3.8, 4) is 0 Å². The topological polar surface area (TPSA) is 0 Å². The van der Waals surface area contributed by atoms with Gasteiger partial charge in [0, 0.05) is 0 Å². The summed E-state index contributed by atoms with van der Waals surface area (Å²) >= 11 is 17.5. The molecule has 0 bridgehead atoms. The molecule has 138 valence electrons. The lowest BCUT2D eigenvalue weighted by Crippen LogP contribution is -1.99. The lowest BCUT2D eigenvalue weighted by Gasteiger charge is -2.14. The minimum Gasteiger partial charge on any atom is -0.179 e. The Hall–Kier alpha value is -0.160. The van der Waals surface area contributed by atoms with Crippen LogP contribution in [0.2, 0.25) is 0 Å². The number of thiol groups is 4. The molecule has 0 aliphatic carbocycles. The number of hydrogen-bond acceptors (Lipinski definition) is 4. The zero-order valence-corrected chi connectivity index (χ0v) is 18.6. The first-order valence-corrected chi connectivity index (χ1v) is 11.2. The third-order valence-corrected chi connectivity index (χ3v) is 4.86. The fourth-order valence-corrected chi connectivity index (χ4v) is 3.80. The van der Waals surface area contributed by atoms with Crippen LogP contribution in [0.15, 0.2) is 48.1 Å². The maximum Gasteiger partial charge on any atom is -0.00571 e. The summed E-state index contributed by atoms with van der Waals surface area (Å²) in [4.78, 5) is 0. The molecule has 0 heterocycles. The maximum absolute atomic E-state index is 4.44. The second-order valence-electron chi connectivity index (χ2n) is 6.13. The molecule has 4 heteroatoms. The van der Waals surface area contributed by atoms with Crippen LogP contribution in [0.25, 0.3) is 5.57 Å². The van der Waals surface area contributed by atoms with E-state index in [1.807, 2.05) is 0 Å². The molecule has 0 aromatic heterocycles. The van der Waals surface area contributed by atoms with Crippen LogP contribution >= 0.6 is 50.5 Å². The number of benzene rings is 1. The lowest BCUT2D eigenvalue weighted by molar-refractivity contribution is 1.10. The fourth-order valence-electron chi connectivity index (χ4n) is 2.66. The summed E-state index contributed by atoms with van der Waals surface area (Å²) in [5.41, 5.74) is 7.60. The van der Waals surface area contributed by atoms with Gasteiger partial charge >= 0.3 is 0 Å². The molecule has 0 unspecified atom stereocenters. The Kier molecular flexibility index (Phi) is 12.0. The van der Waals surface area contributed by atoms with Gasteiger partial charge in [0.25, 0.3) is 0 Å². The molecule has 0 atom stereocenters. The SMILES string of the molecule is C=C(/C=C(\C=C(/C)CCS)c1cc(CCS)ccc1CCS)CCS. The first kappa shape index (κ1) is 22.9. The molecule has 1 aromatic carbocycles. The van der Waals surface area contributed by atoms with E-state index in [1.165, 1.54) is 27.8 Å². The highest BCUT2D eigenvalue weighted by atomic mass is 32.1. The van der Waals surface area contributed by atoms with E-state index in [0.29, 0.717) is 0 Å². The maximum atomic E-state index is 4.44. The van der Waals surface area contributed by atoms with Gasteiger partial charge in [-0.1, -0.05) is 48.1 Å². The van der Waals surface area contributed by atoms with Gasteiger partial charge in [-0.05, 0) is 77.9 Å². The first-order valence-electron chi connectivity index (χ1n) is 8.68. The number of allylic oxidation sites excluding steroid dienone is 5. The summed E-state index contributed by atoms with van der Waals surface area (Å²) < 4.78 is 0. The highest BCUT2D eigenvalue weighted by Crippen LogP contribution is 2.27. The van der Waals surface area contributed by atoms with E-state index in [9.17, 15) is 0 Å². The summed E-state index contributed by atoms with van der Waals surface area (Å²) in [6.07, 6.45) is 8.29. The van der Waals surface area contributed by atoms with E-state index >= 15 is 0 Å². The Morgan fingerprint density at radius 2 is 1.60 bits per heavy atom. The van der Waals surface area contributed by atoms with Gasteiger partial charge in [0.05, 0.1) is 0 Å². The van der Waals surface area contributed by atoms with Crippen LogP contribution in [0, 0.1) is 0 Å². The number of hydrogen-bond donors (Lipinski definition) is 4. The Morgan fingerprint density at radius 3 is 2.20 bits per heavy atom. The zero-order chi connectivity index (χ0) is 18.7. The largest absolute Gasteiger partial charge is 0.179 e. The fraction of sp³-hybridized carbons (Fsp3) is 0.429. The van der Waals surface area contributed by atoms with Gasteiger partial charge in [0.2, 0.25) is 0 Å². The molecule has 0 aliphatic heterocycles. The molecule has 0 nitrogen and oxygen atoms in total. The average Bonchev–Trinajstić information content (AvgIpc) is 2.56. The molecule has 25 heavy (non-hydrogen) atoms. The highest BCUT2D eigenvalue weighted by molar-refractivity contribution is 7.80. The quantitative estimate of drug-likeness (QED) is 0.244. The molecule has 1 aromatic rings. The van der Waals surface area contributed by atoms with E-state index < -0.39 is 0 Å². The smallest absolute Gasteiger partial charge is 0.00571 e. The van der Waals surface area contributed by atoms with Crippen LogP contribution in [-0.4, -0.2) is 23.0 Å².